The Morgan fingerprint density at radius 3 is 2.56 bits per heavy atom. The minimum absolute atomic E-state index is 0.0562. The molecule has 0 bridgehead atoms. The molecule has 1 aliphatic heterocycles. The van der Waals surface area contributed by atoms with Gasteiger partial charge in [0, 0.05) is 12.8 Å². The van der Waals surface area contributed by atoms with E-state index in [0.717, 1.165) is 25.9 Å². The number of rotatable bonds is 5. The van der Waals surface area contributed by atoms with Crippen LogP contribution in [0, 0.1) is 0 Å². The molecule has 0 amide bonds. The number of hydrogen-bond donors (Lipinski definition) is 1. The Bertz CT molecular complexity index is 280. The van der Waals surface area contributed by atoms with Gasteiger partial charge in [-0.15, -0.1) is 0 Å². The average molecular weight is 221 g/mol. The first-order valence-electron chi connectivity index (χ1n) is 6.06. The molecule has 0 aromatic heterocycles. The molecule has 0 aromatic carbocycles. The van der Waals surface area contributed by atoms with Crippen LogP contribution in [0.3, 0.4) is 0 Å². The van der Waals surface area contributed by atoms with Crippen molar-refractivity contribution in [1.29, 1.82) is 0 Å². The van der Waals surface area contributed by atoms with E-state index in [4.69, 9.17) is 12.6 Å². The van der Waals surface area contributed by atoms with E-state index >= 15 is 0 Å². The van der Waals surface area contributed by atoms with E-state index in [-0.39, 0.29) is 10.9 Å². The number of methoxy groups -OCH3 is 1. The molecule has 3 heteroatoms. The van der Waals surface area contributed by atoms with Crippen molar-refractivity contribution in [3.63, 3.8) is 0 Å². The van der Waals surface area contributed by atoms with E-state index in [2.05, 4.69) is 33.0 Å². The summed E-state index contributed by atoms with van der Waals surface area (Å²) in [7, 11) is 7.85. The van der Waals surface area contributed by atoms with Gasteiger partial charge in [-0.3, -0.25) is 0 Å². The van der Waals surface area contributed by atoms with Crippen molar-refractivity contribution in [2.75, 3.05) is 13.7 Å². The quantitative estimate of drug-likeness (QED) is 0.721. The standard InChI is InChI=1S/C13H24BNO/c1-6-11-10(7-12(2,3)14)8-13(4,15-11)9-16-5/h15H,6-9H2,1-5H3. The van der Waals surface area contributed by atoms with E-state index in [0.29, 0.717) is 0 Å². The van der Waals surface area contributed by atoms with Gasteiger partial charge in [0.25, 0.3) is 0 Å². The van der Waals surface area contributed by atoms with Gasteiger partial charge in [-0.25, -0.2) is 0 Å². The lowest BCUT2D eigenvalue weighted by molar-refractivity contribution is 0.130. The van der Waals surface area contributed by atoms with Crippen LogP contribution in [0.1, 0.15) is 47.0 Å². The molecule has 0 spiro atoms. The van der Waals surface area contributed by atoms with Crippen molar-refractivity contribution in [1.82, 2.24) is 5.32 Å². The number of nitrogens with one attached hydrogen (secondary N) is 1. The molecule has 2 nitrogen and oxygen atoms in total. The minimum atomic E-state index is -0.129. The lowest BCUT2D eigenvalue weighted by atomic mass is 9.67. The van der Waals surface area contributed by atoms with Crippen molar-refractivity contribution in [2.45, 2.75) is 57.8 Å². The normalized spacial score (nSPS) is 26.1. The molecule has 16 heavy (non-hydrogen) atoms. The van der Waals surface area contributed by atoms with Crippen LogP contribution in [0.4, 0.5) is 0 Å². The monoisotopic (exact) mass is 221 g/mol. The Hall–Kier alpha value is -0.435. The molecule has 0 aromatic rings. The molecule has 1 atom stereocenters. The van der Waals surface area contributed by atoms with E-state index in [1.807, 2.05) is 0 Å². The Balaban J connectivity index is 2.74. The molecule has 1 aliphatic rings. The molecular formula is C13H24BNO. The summed E-state index contributed by atoms with van der Waals surface area (Å²) in [4.78, 5) is 0. The summed E-state index contributed by atoms with van der Waals surface area (Å²) in [6.07, 6.45) is 3.05. The first-order valence-corrected chi connectivity index (χ1v) is 6.06. The molecule has 0 saturated carbocycles. The van der Waals surface area contributed by atoms with Crippen molar-refractivity contribution >= 4 is 7.85 Å². The predicted octanol–water partition coefficient (Wildman–Crippen LogP) is 2.81. The molecule has 0 saturated heterocycles. The van der Waals surface area contributed by atoms with E-state index in [1.54, 1.807) is 7.11 Å². The van der Waals surface area contributed by atoms with Crippen LogP contribution in [0.2, 0.25) is 5.31 Å². The SMILES string of the molecule is [B]C(C)(C)CC1=C(CC)NC(C)(COC)C1. The number of allylic oxidation sites excluding steroid dienone is 1. The Morgan fingerprint density at radius 1 is 1.50 bits per heavy atom. The first kappa shape index (κ1) is 13.6. The van der Waals surface area contributed by atoms with Crippen molar-refractivity contribution < 1.29 is 4.74 Å². The molecule has 0 fully saturated rings. The molecule has 90 valence electrons. The predicted molar refractivity (Wildman–Crippen MR) is 69.8 cm³/mol. The van der Waals surface area contributed by atoms with E-state index in [9.17, 15) is 0 Å². The number of ether oxygens (including phenoxy) is 1. The van der Waals surface area contributed by atoms with Crippen molar-refractivity contribution in [3.8, 4) is 0 Å². The zero-order valence-electron chi connectivity index (χ0n) is 11.3. The second-order valence-electron chi connectivity index (χ2n) is 5.90. The fraction of sp³-hybridized carbons (Fsp3) is 0.846. The first-order chi connectivity index (χ1) is 7.29. The largest absolute Gasteiger partial charge is 0.382 e. The van der Waals surface area contributed by atoms with E-state index < -0.39 is 0 Å². The third-order valence-electron chi connectivity index (χ3n) is 2.97. The lowest BCUT2D eigenvalue weighted by Crippen LogP contribution is -2.41. The van der Waals surface area contributed by atoms with Crippen molar-refractivity contribution in [3.05, 3.63) is 11.3 Å². The summed E-state index contributed by atoms with van der Waals surface area (Å²) in [5.74, 6) is 0. The fourth-order valence-corrected chi connectivity index (χ4v) is 2.54. The van der Waals surface area contributed by atoms with Crippen LogP contribution in [0.25, 0.3) is 0 Å². The Kier molecular flexibility index (Phi) is 4.11. The molecule has 1 unspecified atom stereocenters. The molecule has 0 aliphatic carbocycles. The highest BCUT2D eigenvalue weighted by atomic mass is 16.5. The van der Waals surface area contributed by atoms with Crippen LogP contribution in [-0.4, -0.2) is 27.1 Å². The van der Waals surface area contributed by atoms with Crippen LogP contribution < -0.4 is 5.32 Å². The van der Waals surface area contributed by atoms with Gasteiger partial charge in [0.05, 0.1) is 20.0 Å². The molecule has 1 rings (SSSR count). The minimum Gasteiger partial charge on any atom is -0.382 e. The topological polar surface area (TPSA) is 21.3 Å². The maximum absolute atomic E-state index is 6.10. The third kappa shape index (κ3) is 3.55. The summed E-state index contributed by atoms with van der Waals surface area (Å²) in [5.41, 5.74) is 2.88. The van der Waals surface area contributed by atoms with Crippen LogP contribution in [-0.2, 0) is 4.74 Å². The van der Waals surface area contributed by atoms with Gasteiger partial charge in [-0.05, 0) is 31.8 Å². The lowest BCUT2D eigenvalue weighted by Gasteiger charge is -2.26. The van der Waals surface area contributed by atoms with E-state index in [1.165, 1.54) is 11.3 Å². The van der Waals surface area contributed by atoms with Gasteiger partial charge in [0.1, 0.15) is 0 Å². The smallest absolute Gasteiger partial charge is 0.0743 e. The second kappa shape index (κ2) is 4.83. The highest BCUT2D eigenvalue weighted by Gasteiger charge is 2.34. The van der Waals surface area contributed by atoms with Gasteiger partial charge < -0.3 is 10.1 Å². The van der Waals surface area contributed by atoms with Crippen LogP contribution >= 0.6 is 0 Å². The van der Waals surface area contributed by atoms with Gasteiger partial charge >= 0.3 is 0 Å². The van der Waals surface area contributed by atoms with Gasteiger partial charge in [0.15, 0.2) is 0 Å². The summed E-state index contributed by atoms with van der Waals surface area (Å²) >= 11 is 0. The van der Waals surface area contributed by atoms with Crippen molar-refractivity contribution in [2.24, 2.45) is 0 Å². The average Bonchev–Trinajstić information content (AvgIpc) is 2.40. The van der Waals surface area contributed by atoms with Gasteiger partial charge in [-0.1, -0.05) is 26.1 Å². The fourth-order valence-electron chi connectivity index (χ4n) is 2.54. The van der Waals surface area contributed by atoms with Crippen LogP contribution in [0.15, 0.2) is 11.3 Å². The second-order valence-corrected chi connectivity index (χ2v) is 5.90. The molecule has 1 N–H and O–H groups in total. The summed E-state index contributed by atoms with van der Waals surface area (Å²) in [6, 6.07) is 0. The molecule has 1 heterocycles. The molecule has 2 radical (unpaired) electrons. The molecular weight excluding hydrogens is 197 g/mol. The zero-order valence-corrected chi connectivity index (χ0v) is 11.3. The summed E-state index contributed by atoms with van der Waals surface area (Å²) in [5, 5.41) is 3.46. The third-order valence-corrected chi connectivity index (χ3v) is 2.97. The number of hydrogen-bond acceptors (Lipinski definition) is 2. The van der Waals surface area contributed by atoms with Gasteiger partial charge in [0.2, 0.25) is 0 Å². The van der Waals surface area contributed by atoms with Gasteiger partial charge in [-0.2, -0.15) is 0 Å². The maximum atomic E-state index is 6.10. The summed E-state index contributed by atoms with van der Waals surface area (Å²) in [6.45, 7) is 9.30. The highest BCUT2D eigenvalue weighted by molar-refractivity contribution is 6.14. The Labute approximate surface area is 101 Å². The maximum Gasteiger partial charge on any atom is 0.0743 e. The summed E-state index contributed by atoms with van der Waals surface area (Å²) < 4.78 is 5.28. The van der Waals surface area contributed by atoms with Crippen LogP contribution in [0.5, 0.6) is 0 Å². The highest BCUT2D eigenvalue weighted by Crippen LogP contribution is 2.38. The Morgan fingerprint density at radius 2 is 2.12 bits per heavy atom. The zero-order chi connectivity index (χ0) is 12.4.